The van der Waals surface area contributed by atoms with E-state index >= 15 is 0 Å². The number of carbonyl (C=O) groups excluding carboxylic acids is 1. The maximum absolute atomic E-state index is 12.3. The average Bonchev–Trinajstić information content (AvgIpc) is 2.62. The molecule has 2 rings (SSSR count). The van der Waals surface area contributed by atoms with Crippen LogP contribution in [0.5, 0.6) is 5.75 Å². The number of hydrogen-bond acceptors (Lipinski definition) is 5. The Balaban J connectivity index is 1.69. The van der Waals surface area contributed by atoms with Gasteiger partial charge in [-0.05, 0) is 31.0 Å². The molecule has 1 amide bonds. The minimum Gasteiger partial charge on any atom is -0.497 e. The van der Waals surface area contributed by atoms with E-state index in [9.17, 15) is 4.79 Å². The van der Waals surface area contributed by atoms with E-state index in [-0.39, 0.29) is 18.6 Å². The largest absolute Gasteiger partial charge is 0.497 e. The quantitative estimate of drug-likeness (QED) is 0.718. The predicted octanol–water partition coefficient (Wildman–Crippen LogP) is 0.352. The highest BCUT2D eigenvalue weighted by Gasteiger charge is 2.24. The van der Waals surface area contributed by atoms with Crippen molar-refractivity contribution in [1.82, 2.24) is 15.1 Å². The van der Waals surface area contributed by atoms with Gasteiger partial charge in [0.1, 0.15) is 5.75 Å². The molecular formula is C18H29N3O3. The van der Waals surface area contributed by atoms with Crippen LogP contribution in [0.15, 0.2) is 24.3 Å². The number of β-amino-alcohol motifs (C(OH)–C–C–N with tert-alkyl or cyclic N) is 1. The van der Waals surface area contributed by atoms with Crippen LogP contribution in [0, 0.1) is 0 Å². The number of ether oxygens (including phenoxy) is 1. The number of hydrogen-bond donors (Lipinski definition) is 2. The molecule has 6 heteroatoms. The van der Waals surface area contributed by atoms with Crippen LogP contribution in [0.25, 0.3) is 0 Å². The Morgan fingerprint density at radius 3 is 2.50 bits per heavy atom. The number of nitrogens with zero attached hydrogens (tertiary/aromatic N) is 2. The van der Waals surface area contributed by atoms with Gasteiger partial charge in [0.05, 0.1) is 19.8 Å². The fourth-order valence-corrected chi connectivity index (χ4v) is 2.95. The summed E-state index contributed by atoms with van der Waals surface area (Å²) in [5, 5.41) is 12.0. The number of nitrogens with one attached hydrogen (secondary N) is 1. The number of piperazine rings is 1. The topological polar surface area (TPSA) is 65.0 Å². The van der Waals surface area contributed by atoms with E-state index in [0.717, 1.165) is 44.9 Å². The standard InChI is InChI=1S/C18H29N3O3/c1-15(21-11-9-20(10-12-21)13-14-22)18(23)19-8-7-16-3-5-17(24-2)6-4-16/h3-6,15,22H,7-14H2,1-2H3,(H,19,23)/t15-/m0/s1. The van der Waals surface area contributed by atoms with E-state index in [4.69, 9.17) is 9.84 Å². The first-order valence-corrected chi connectivity index (χ1v) is 8.62. The Morgan fingerprint density at radius 1 is 1.25 bits per heavy atom. The van der Waals surface area contributed by atoms with Gasteiger partial charge in [-0.25, -0.2) is 0 Å². The van der Waals surface area contributed by atoms with E-state index in [1.165, 1.54) is 5.56 Å². The van der Waals surface area contributed by atoms with E-state index in [2.05, 4.69) is 15.1 Å². The third kappa shape index (κ3) is 5.47. The summed E-state index contributed by atoms with van der Waals surface area (Å²) >= 11 is 0. The lowest BCUT2D eigenvalue weighted by molar-refractivity contribution is -0.126. The molecule has 1 saturated heterocycles. The summed E-state index contributed by atoms with van der Waals surface area (Å²) in [6, 6.07) is 7.80. The molecule has 0 unspecified atom stereocenters. The second-order valence-corrected chi connectivity index (χ2v) is 6.17. The summed E-state index contributed by atoms with van der Waals surface area (Å²) in [5.41, 5.74) is 1.18. The van der Waals surface area contributed by atoms with Crippen LogP contribution in [0.2, 0.25) is 0 Å². The minimum atomic E-state index is -0.114. The molecule has 24 heavy (non-hydrogen) atoms. The molecule has 0 saturated carbocycles. The molecule has 1 aliphatic heterocycles. The molecule has 0 aromatic heterocycles. The fraction of sp³-hybridized carbons (Fsp3) is 0.611. The average molecular weight is 335 g/mol. The smallest absolute Gasteiger partial charge is 0.237 e. The van der Waals surface area contributed by atoms with Crippen molar-refractivity contribution in [2.24, 2.45) is 0 Å². The molecule has 1 heterocycles. The van der Waals surface area contributed by atoms with E-state index < -0.39 is 0 Å². The van der Waals surface area contributed by atoms with Gasteiger partial charge in [0, 0.05) is 39.3 Å². The lowest BCUT2D eigenvalue weighted by atomic mass is 10.1. The Morgan fingerprint density at radius 2 is 1.92 bits per heavy atom. The molecule has 1 aromatic rings. The highest BCUT2D eigenvalue weighted by Crippen LogP contribution is 2.11. The van der Waals surface area contributed by atoms with Crippen LogP contribution in [-0.4, -0.2) is 79.8 Å². The summed E-state index contributed by atoms with van der Waals surface area (Å²) in [4.78, 5) is 16.7. The van der Waals surface area contributed by atoms with Crippen LogP contribution >= 0.6 is 0 Å². The summed E-state index contributed by atoms with van der Waals surface area (Å²) < 4.78 is 5.14. The molecule has 2 N–H and O–H groups in total. The molecule has 0 spiro atoms. The number of rotatable bonds is 8. The monoisotopic (exact) mass is 335 g/mol. The fourth-order valence-electron chi connectivity index (χ4n) is 2.95. The minimum absolute atomic E-state index is 0.0825. The van der Waals surface area contributed by atoms with Gasteiger partial charge >= 0.3 is 0 Å². The molecule has 1 aliphatic rings. The SMILES string of the molecule is COc1ccc(CCNC(=O)[C@H](C)N2CCN(CCO)CC2)cc1. The van der Waals surface area contributed by atoms with Crippen molar-refractivity contribution in [2.75, 3.05) is 53.0 Å². The Bertz CT molecular complexity index is 499. The predicted molar refractivity (Wildman–Crippen MR) is 94.3 cm³/mol. The van der Waals surface area contributed by atoms with E-state index in [1.54, 1.807) is 7.11 Å². The second-order valence-electron chi connectivity index (χ2n) is 6.17. The van der Waals surface area contributed by atoms with Crippen molar-refractivity contribution in [2.45, 2.75) is 19.4 Å². The molecule has 1 atom stereocenters. The third-order valence-corrected chi connectivity index (χ3v) is 4.62. The molecule has 0 aliphatic carbocycles. The first-order chi connectivity index (χ1) is 11.6. The summed E-state index contributed by atoms with van der Waals surface area (Å²) in [6.07, 6.45) is 0.812. The van der Waals surface area contributed by atoms with Crippen LogP contribution in [0.1, 0.15) is 12.5 Å². The zero-order chi connectivity index (χ0) is 17.4. The van der Waals surface area contributed by atoms with Crippen molar-refractivity contribution < 1.29 is 14.6 Å². The van der Waals surface area contributed by atoms with Gasteiger partial charge in [0.15, 0.2) is 0 Å². The molecule has 6 nitrogen and oxygen atoms in total. The zero-order valence-electron chi connectivity index (χ0n) is 14.7. The van der Waals surface area contributed by atoms with Crippen LogP contribution in [0.3, 0.4) is 0 Å². The van der Waals surface area contributed by atoms with Crippen molar-refractivity contribution in [3.05, 3.63) is 29.8 Å². The third-order valence-electron chi connectivity index (χ3n) is 4.62. The lowest BCUT2D eigenvalue weighted by Crippen LogP contribution is -2.54. The first-order valence-electron chi connectivity index (χ1n) is 8.62. The van der Waals surface area contributed by atoms with Gasteiger partial charge in [0.2, 0.25) is 5.91 Å². The molecule has 0 bridgehead atoms. The van der Waals surface area contributed by atoms with Crippen molar-refractivity contribution in [3.8, 4) is 5.75 Å². The first kappa shape index (κ1) is 18.7. The van der Waals surface area contributed by atoms with Crippen molar-refractivity contribution in [3.63, 3.8) is 0 Å². The van der Waals surface area contributed by atoms with Crippen LogP contribution < -0.4 is 10.1 Å². The number of aliphatic hydroxyl groups is 1. The second kappa shape index (κ2) is 9.61. The van der Waals surface area contributed by atoms with E-state index in [1.807, 2.05) is 31.2 Å². The van der Waals surface area contributed by atoms with Crippen molar-refractivity contribution >= 4 is 5.91 Å². The van der Waals surface area contributed by atoms with Gasteiger partial charge in [-0.3, -0.25) is 14.6 Å². The molecule has 1 aromatic carbocycles. The van der Waals surface area contributed by atoms with Gasteiger partial charge in [-0.1, -0.05) is 12.1 Å². The number of methoxy groups -OCH3 is 1. The Labute approximate surface area is 144 Å². The summed E-state index contributed by atoms with van der Waals surface area (Å²) in [6.45, 7) is 7.07. The number of amides is 1. The lowest BCUT2D eigenvalue weighted by Gasteiger charge is -2.37. The Hall–Kier alpha value is -1.63. The number of benzene rings is 1. The molecule has 1 fully saturated rings. The highest BCUT2D eigenvalue weighted by atomic mass is 16.5. The van der Waals surface area contributed by atoms with Gasteiger partial charge in [-0.2, -0.15) is 0 Å². The zero-order valence-corrected chi connectivity index (χ0v) is 14.7. The Kier molecular flexibility index (Phi) is 7.49. The van der Waals surface area contributed by atoms with E-state index in [0.29, 0.717) is 6.54 Å². The van der Waals surface area contributed by atoms with Gasteiger partial charge in [0.25, 0.3) is 0 Å². The van der Waals surface area contributed by atoms with Gasteiger partial charge in [-0.15, -0.1) is 0 Å². The molecule has 134 valence electrons. The summed E-state index contributed by atoms with van der Waals surface area (Å²) in [5.74, 6) is 0.927. The maximum atomic E-state index is 12.3. The van der Waals surface area contributed by atoms with Gasteiger partial charge < -0.3 is 15.2 Å². The summed E-state index contributed by atoms with van der Waals surface area (Å²) in [7, 11) is 1.65. The van der Waals surface area contributed by atoms with Crippen molar-refractivity contribution in [1.29, 1.82) is 0 Å². The maximum Gasteiger partial charge on any atom is 0.237 e. The number of aliphatic hydroxyl groups excluding tert-OH is 1. The molecular weight excluding hydrogens is 306 g/mol. The van der Waals surface area contributed by atoms with Crippen LogP contribution in [0.4, 0.5) is 0 Å². The number of carbonyl (C=O) groups is 1. The molecule has 0 radical (unpaired) electrons. The van der Waals surface area contributed by atoms with Crippen LogP contribution in [-0.2, 0) is 11.2 Å². The normalized spacial score (nSPS) is 17.5. The highest BCUT2D eigenvalue weighted by molar-refractivity contribution is 5.81.